The second-order valence-electron chi connectivity index (χ2n) is 7.63. The molecule has 1 aliphatic heterocycles. The lowest BCUT2D eigenvalue weighted by Gasteiger charge is -2.32. The molecule has 1 fully saturated rings. The molecule has 1 amide bonds. The van der Waals surface area contributed by atoms with Crippen LogP contribution in [-0.4, -0.2) is 43.2 Å². The van der Waals surface area contributed by atoms with Gasteiger partial charge in [-0.3, -0.25) is 9.78 Å². The third-order valence-corrected chi connectivity index (χ3v) is 7.48. The average Bonchev–Trinajstić information content (AvgIpc) is 2.73. The van der Waals surface area contributed by atoms with Crippen LogP contribution < -0.4 is 5.32 Å². The summed E-state index contributed by atoms with van der Waals surface area (Å²) >= 11 is 0. The minimum atomic E-state index is -3.48. The molecule has 2 aromatic rings. The van der Waals surface area contributed by atoms with Gasteiger partial charge in [0, 0.05) is 38.4 Å². The maximum atomic E-state index is 13.0. The van der Waals surface area contributed by atoms with Crippen LogP contribution in [0, 0.1) is 12.8 Å². The minimum Gasteiger partial charge on any atom is -0.356 e. The lowest BCUT2D eigenvalue weighted by Crippen LogP contribution is -2.40. The highest BCUT2D eigenvalue weighted by Gasteiger charge is 2.31. The van der Waals surface area contributed by atoms with Crippen molar-refractivity contribution in [3.63, 3.8) is 0 Å². The van der Waals surface area contributed by atoms with E-state index in [0.29, 0.717) is 37.4 Å². The van der Waals surface area contributed by atoms with E-state index in [-0.39, 0.29) is 11.8 Å². The van der Waals surface area contributed by atoms with Crippen LogP contribution in [0.15, 0.2) is 53.7 Å². The van der Waals surface area contributed by atoms with Gasteiger partial charge >= 0.3 is 0 Å². The molecule has 6 nitrogen and oxygen atoms in total. The number of aryl methyl sites for hydroxylation is 1. The summed E-state index contributed by atoms with van der Waals surface area (Å²) in [4.78, 5) is 16.5. The highest BCUT2D eigenvalue weighted by molar-refractivity contribution is 7.89. The SMILES string of the molecule is Cc1ccccc1S(=O)(=O)N1CCCC(CCC(=O)NCCc2ccncc2)C1. The Kier molecular flexibility index (Phi) is 7.39. The van der Waals surface area contributed by atoms with E-state index in [1.165, 1.54) is 0 Å². The predicted molar refractivity (Wildman–Crippen MR) is 113 cm³/mol. The molecule has 29 heavy (non-hydrogen) atoms. The van der Waals surface area contributed by atoms with Crippen LogP contribution >= 0.6 is 0 Å². The van der Waals surface area contributed by atoms with Crippen LogP contribution in [0.2, 0.25) is 0 Å². The number of pyridine rings is 1. The molecule has 0 bridgehead atoms. The molecule has 1 atom stereocenters. The molecule has 0 aliphatic carbocycles. The van der Waals surface area contributed by atoms with E-state index in [2.05, 4.69) is 10.3 Å². The number of aromatic nitrogens is 1. The standard InChI is InChI=1S/C22H29N3O3S/c1-18-5-2-3-7-21(18)29(27,28)25-16-4-6-20(17-25)8-9-22(26)24-15-12-19-10-13-23-14-11-19/h2-3,5,7,10-11,13-14,20H,4,6,8-9,12,15-17H2,1H3,(H,24,26). The highest BCUT2D eigenvalue weighted by atomic mass is 32.2. The fourth-order valence-electron chi connectivity index (χ4n) is 3.79. The number of sulfonamides is 1. The first-order valence-corrected chi connectivity index (χ1v) is 11.6. The van der Waals surface area contributed by atoms with Gasteiger partial charge in [0.05, 0.1) is 4.90 Å². The Labute approximate surface area is 173 Å². The van der Waals surface area contributed by atoms with E-state index < -0.39 is 10.0 Å². The average molecular weight is 416 g/mol. The first kappa shape index (κ1) is 21.5. The summed E-state index contributed by atoms with van der Waals surface area (Å²) in [7, 11) is -3.48. The number of nitrogens with one attached hydrogen (secondary N) is 1. The van der Waals surface area contributed by atoms with Crippen molar-refractivity contribution in [1.29, 1.82) is 0 Å². The van der Waals surface area contributed by atoms with Gasteiger partial charge in [0.15, 0.2) is 0 Å². The monoisotopic (exact) mass is 415 g/mol. The van der Waals surface area contributed by atoms with Crippen molar-refractivity contribution in [2.75, 3.05) is 19.6 Å². The fraction of sp³-hybridized carbons (Fsp3) is 0.455. The third kappa shape index (κ3) is 5.87. The van der Waals surface area contributed by atoms with Crippen molar-refractivity contribution in [2.45, 2.75) is 43.9 Å². The van der Waals surface area contributed by atoms with Gasteiger partial charge in [0.1, 0.15) is 0 Å². The first-order valence-electron chi connectivity index (χ1n) is 10.2. The summed E-state index contributed by atoms with van der Waals surface area (Å²) in [6.45, 7) is 3.46. The minimum absolute atomic E-state index is 0.0259. The van der Waals surface area contributed by atoms with Crippen LogP contribution in [0.25, 0.3) is 0 Å². The summed E-state index contributed by atoms with van der Waals surface area (Å²) < 4.78 is 27.6. The van der Waals surface area contributed by atoms with Crippen LogP contribution in [0.5, 0.6) is 0 Å². The number of piperidine rings is 1. The first-order chi connectivity index (χ1) is 14.0. The summed E-state index contributed by atoms with van der Waals surface area (Å²) in [5.41, 5.74) is 1.91. The summed E-state index contributed by atoms with van der Waals surface area (Å²) in [6, 6.07) is 11.0. The van der Waals surface area contributed by atoms with E-state index in [0.717, 1.165) is 30.4 Å². The van der Waals surface area contributed by atoms with Gasteiger partial charge in [-0.1, -0.05) is 18.2 Å². The summed E-state index contributed by atoms with van der Waals surface area (Å²) in [6.07, 6.45) is 7.21. The molecule has 1 aromatic heterocycles. The van der Waals surface area contributed by atoms with Crippen LogP contribution in [0.1, 0.15) is 36.8 Å². The Bertz CT molecular complexity index is 916. The second-order valence-corrected chi connectivity index (χ2v) is 9.54. The predicted octanol–water partition coefficient (Wildman–Crippen LogP) is 2.93. The number of nitrogens with zero attached hydrogens (tertiary/aromatic N) is 2. The van der Waals surface area contributed by atoms with E-state index in [4.69, 9.17) is 0 Å². The van der Waals surface area contributed by atoms with Gasteiger partial charge in [-0.2, -0.15) is 4.31 Å². The van der Waals surface area contributed by atoms with Crippen molar-refractivity contribution in [1.82, 2.24) is 14.6 Å². The molecule has 0 radical (unpaired) electrons. The van der Waals surface area contributed by atoms with Gasteiger partial charge in [0.25, 0.3) is 0 Å². The van der Waals surface area contributed by atoms with Gasteiger partial charge in [-0.05, 0) is 67.9 Å². The van der Waals surface area contributed by atoms with Crippen LogP contribution in [0.4, 0.5) is 0 Å². The molecule has 1 unspecified atom stereocenters. The van der Waals surface area contributed by atoms with Crippen molar-refractivity contribution < 1.29 is 13.2 Å². The van der Waals surface area contributed by atoms with Gasteiger partial charge in [-0.25, -0.2) is 8.42 Å². The lowest BCUT2D eigenvalue weighted by atomic mass is 9.94. The maximum Gasteiger partial charge on any atom is 0.243 e. The number of carbonyl (C=O) groups excluding carboxylic acids is 1. The number of rotatable bonds is 8. The third-order valence-electron chi connectivity index (χ3n) is 5.46. The van der Waals surface area contributed by atoms with E-state index in [9.17, 15) is 13.2 Å². The Hall–Kier alpha value is -2.25. The van der Waals surface area contributed by atoms with Gasteiger partial charge < -0.3 is 5.32 Å². The molecule has 1 aromatic carbocycles. The zero-order valence-electron chi connectivity index (χ0n) is 16.9. The fourth-order valence-corrected chi connectivity index (χ4v) is 5.57. The highest BCUT2D eigenvalue weighted by Crippen LogP contribution is 2.27. The maximum absolute atomic E-state index is 13.0. The molecule has 0 saturated carbocycles. The Morgan fingerprint density at radius 2 is 1.97 bits per heavy atom. The smallest absolute Gasteiger partial charge is 0.243 e. The summed E-state index contributed by atoms with van der Waals surface area (Å²) in [5, 5.41) is 2.95. The second kappa shape index (κ2) is 9.98. The normalized spacial score (nSPS) is 17.8. The van der Waals surface area contributed by atoms with Crippen LogP contribution in [-0.2, 0) is 21.2 Å². The molecule has 3 rings (SSSR count). The van der Waals surface area contributed by atoms with Crippen molar-refractivity contribution in [3.8, 4) is 0 Å². The molecule has 1 aliphatic rings. The summed E-state index contributed by atoms with van der Waals surface area (Å²) in [5.74, 6) is 0.242. The largest absolute Gasteiger partial charge is 0.356 e. The number of hydrogen-bond donors (Lipinski definition) is 1. The molecule has 1 saturated heterocycles. The number of hydrogen-bond acceptors (Lipinski definition) is 4. The lowest BCUT2D eigenvalue weighted by molar-refractivity contribution is -0.121. The Morgan fingerprint density at radius 1 is 1.21 bits per heavy atom. The van der Waals surface area contributed by atoms with Gasteiger partial charge in [-0.15, -0.1) is 0 Å². The number of amides is 1. The molecule has 1 N–H and O–H groups in total. The van der Waals surface area contributed by atoms with E-state index in [1.807, 2.05) is 31.2 Å². The zero-order valence-corrected chi connectivity index (χ0v) is 17.7. The van der Waals surface area contributed by atoms with Gasteiger partial charge in [0.2, 0.25) is 15.9 Å². The Morgan fingerprint density at radius 3 is 2.72 bits per heavy atom. The molecule has 2 heterocycles. The molecular formula is C22H29N3O3S. The van der Waals surface area contributed by atoms with Crippen molar-refractivity contribution >= 4 is 15.9 Å². The van der Waals surface area contributed by atoms with Crippen molar-refractivity contribution in [2.24, 2.45) is 5.92 Å². The van der Waals surface area contributed by atoms with E-state index in [1.54, 1.807) is 28.8 Å². The molecule has 7 heteroatoms. The van der Waals surface area contributed by atoms with Crippen LogP contribution in [0.3, 0.4) is 0 Å². The topological polar surface area (TPSA) is 79.4 Å². The molecule has 0 spiro atoms. The zero-order chi connectivity index (χ0) is 20.7. The Balaban J connectivity index is 1.47. The quantitative estimate of drug-likeness (QED) is 0.719. The van der Waals surface area contributed by atoms with Crippen molar-refractivity contribution in [3.05, 3.63) is 59.9 Å². The molecular weight excluding hydrogens is 386 g/mol. The van der Waals surface area contributed by atoms with E-state index >= 15 is 0 Å². The molecule has 156 valence electrons. The number of benzene rings is 1. The number of carbonyl (C=O) groups is 1.